The SMILES string of the molecule is CCc1cc(Nc2ncc(Br)c(Nc3ccc4nccnc4c3NS(=O)[O-])n2)c(OC)cc1N1CCC(N2CCN(C)CC2)CC1. The predicted molar refractivity (Wildman–Crippen MR) is 185 cm³/mol. The van der Waals surface area contributed by atoms with E-state index in [2.05, 4.69) is 87.0 Å². The Morgan fingerprint density at radius 1 is 1.02 bits per heavy atom. The van der Waals surface area contributed by atoms with E-state index in [0.717, 1.165) is 64.2 Å². The van der Waals surface area contributed by atoms with Crippen molar-refractivity contribution >= 4 is 72.7 Å². The maximum absolute atomic E-state index is 11.6. The van der Waals surface area contributed by atoms with Gasteiger partial charge >= 0.3 is 0 Å². The lowest BCUT2D eigenvalue weighted by molar-refractivity contribution is 0.0982. The van der Waals surface area contributed by atoms with E-state index < -0.39 is 11.3 Å². The molecule has 2 aromatic heterocycles. The highest BCUT2D eigenvalue weighted by Crippen LogP contribution is 2.38. The number of hydrogen-bond acceptors (Lipinski definition) is 12. The number of anilines is 6. The number of aryl methyl sites for hydroxylation is 1. The van der Waals surface area contributed by atoms with Crippen LogP contribution in [0.5, 0.6) is 5.75 Å². The Balaban J connectivity index is 1.21. The van der Waals surface area contributed by atoms with Crippen molar-refractivity contribution in [2.45, 2.75) is 32.2 Å². The van der Waals surface area contributed by atoms with Crippen LogP contribution in [0.2, 0.25) is 0 Å². The highest BCUT2D eigenvalue weighted by Gasteiger charge is 2.28. The number of piperazine rings is 1. The Morgan fingerprint density at radius 2 is 1.78 bits per heavy atom. The number of rotatable bonds is 10. The number of aromatic nitrogens is 4. The van der Waals surface area contributed by atoms with Crippen LogP contribution >= 0.6 is 15.9 Å². The first-order valence-corrected chi connectivity index (χ1v) is 17.2. The van der Waals surface area contributed by atoms with Crippen molar-refractivity contribution in [3.63, 3.8) is 0 Å². The summed E-state index contributed by atoms with van der Waals surface area (Å²) < 4.78 is 32.1. The molecule has 46 heavy (non-hydrogen) atoms. The Kier molecular flexibility index (Phi) is 10.1. The van der Waals surface area contributed by atoms with E-state index >= 15 is 0 Å². The van der Waals surface area contributed by atoms with E-state index in [1.165, 1.54) is 17.4 Å². The first kappa shape index (κ1) is 32.3. The molecule has 2 aliphatic rings. The number of benzene rings is 2. The van der Waals surface area contributed by atoms with Gasteiger partial charge in [-0.15, -0.1) is 0 Å². The molecule has 2 aliphatic heterocycles. The molecule has 244 valence electrons. The molecule has 2 fully saturated rings. The molecular weight excluding hydrogens is 672 g/mol. The van der Waals surface area contributed by atoms with Gasteiger partial charge in [-0.2, -0.15) is 4.98 Å². The lowest BCUT2D eigenvalue weighted by atomic mass is 9.99. The van der Waals surface area contributed by atoms with Gasteiger partial charge in [0.1, 0.15) is 17.1 Å². The third-order valence-electron chi connectivity index (χ3n) is 8.71. The summed E-state index contributed by atoms with van der Waals surface area (Å²) >= 11 is 0.936. The number of nitrogens with zero attached hydrogens (tertiary/aromatic N) is 7. The van der Waals surface area contributed by atoms with Gasteiger partial charge in [0, 0.05) is 86.9 Å². The Hall–Kier alpha value is -3.63. The molecule has 1 atom stereocenters. The number of methoxy groups -OCH3 is 1. The van der Waals surface area contributed by atoms with E-state index in [1.54, 1.807) is 31.6 Å². The van der Waals surface area contributed by atoms with E-state index in [9.17, 15) is 8.76 Å². The molecular formula is C31H38BrN10O3S-. The molecule has 0 bridgehead atoms. The number of piperidine rings is 1. The van der Waals surface area contributed by atoms with Crippen molar-refractivity contribution in [2.75, 3.05) is 73.7 Å². The first-order valence-electron chi connectivity index (χ1n) is 15.4. The largest absolute Gasteiger partial charge is 0.755 e. The zero-order valence-electron chi connectivity index (χ0n) is 26.1. The summed E-state index contributed by atoms with van der Waals surface area (Å²) in [6.45, 7) is 8.79. The van der Waals surface area contributed by atoms with Crippen LogP contribution in [0, 0.1) is 0 Å². The van der Waals surface area contributed by atoms with Gasteiger partial charge < -0.3 is 34.4 Å². The summed E-state index contributed by atoms with van der Waals surface area (Å²) in [4.78, 5) is 25.3. The van der Waals surface area contributed by atoms with Crippen LogP contribution in [-0.4, -0.2) is 98.0 Å². The average molecular weight is 711 g/mol. The molecule has 4 heterocycles. The van der Waals surface area contributed by atoms with Crippen molar-refractivity contribution < 1.29 is 13.5 Å². The molecule has 2 saturated heterocycles. The zero-order chi connectivity index (χ0) is 32.2. The summed E-state index contributed by atoms with van der Waals surface area (Å²) in [6, 6.07) is 8.36. The highest BCUT2D eigenvalue weighted by atomic mass is 79.9. The number of fused-ring (bicyclic) bond motifs is 1. The summed E-state index contributed by atoms with van der Waals surface area (Å²) in [7, 11) is 3.87. The maximum atomic E-state index is 11.6. The summed E-state index contributed by atoms with van der Waals surface area (Å²) in [6.07, 6.45) is 7.86. The minimum absolute atomic E-state index is 0.261. The van der Waals surface area contributed by atoms with Gasteiger partial charge in [0.05, 0.1) is 34.2 Å². The molecule has 3 N–H and O–H groups in total. The molecule has 0 radical (unpaired) electrons. The Bertz CT molecular complexity index is 1710. The lowest BCUT2D eigenvalue weighted by Crippen LogP contribution is -2.52. The molecule has 2 aromatic carbocycles. The minimum atomic E-state index is -2.58. The minimum Gasteiger partial charge on any atom is -0.755 e. The van der Waals surface area contributed by atoms with Crippen LogP contribution in [0.4, 0.5) is 34.5 Å². The Labute approximate surface area is 279 Å². The normalized spacial score (nSPS) is 17.2. The summed E-state index contributed by atoms with van der Waals surface area (Å²) in [5.74, 6) is 1.47. The number of nitrogens with one attached hydrogen (secondary N) is 3. The van der Waals surface area contributed by atoms with Crippen LogP contribution in [-0.2, 0) is 17.7 Å². The molecule has 15 heteroatoms. The van der Waals surface area contributed by atoms with Gasteiger partial charge in [0.2, 0.25) is 5.95 Å². The van der Waals surface area contributed by atoms with E-state index in [-0.39, 0.29) is 5.69 Å². The van der Waals surface area contributed by atoms with Gasteiger partial charge in [0.25, 0.3) is 0 Å². The molecule has 0 saturated carbocycles. The van der Waals surface area contributed by atoms with Crippen molar-refractivity contribution in [2.24, 2.45) is 0 Å². The van der Waals surface area contributed by atoms with Crippen LogP contribution < -0.4 is 25.0 Å². The third-order valence-corrected chi connectivity index (χ3v) is 9.66. The van der Waals surface area contributed by atoms with Gasteiger partial charge in [-0.25, -0.2) is 4.98 Å². The van der Waals surface area contributed by atoms with Crippen molar-refractivity contribution in [1.82, 2.24) is 29.7 Å². The van der Waals surface area contributed by atoms with Crippen LogP contribution in [0.25, 0.3) is 11.0 Å². The van der Waals surface area contributed by atoms with Gasteiger partial charge in [-0.05, 0) is 66.0 Å². The fourth-order valence-corrected chi connectivity index (χ4v) is 6.87. The van der Waals surface area contributed by atoms with Gasteiger partial charge in [-0.3, -0.25) is 19.1 Å². The molecule has 0 spiro atoms. The van der Waals surface area contributed by atoms with Crippen LogP contribution in [0.3, 0.4) is 0 Å². The summed E-state index contributed by atoms with van der Waals surface area (Å²) in [5, 5.41) is 6.55. The van der Waals surface area contributed by atoms with E-state index in [4.69, 9.17) is 9.72 Å². The number of halogens is 1. The van der Waals surface area contributed by atoms with Crippen LogP contribution in [0.1, 0.15) is 25.3 Å². The number of ether oxygens (including phenoxy) is 1. The van der Waals surface area contributed by atoms with Crippen molar-refractivity contribution in [3.8, 4) is 5.75 Å². The topological polar surface area (TPSA) is 147 Å². The zero-order valence-corrected chi connectivity index (χ0v) is 28.5. The number of hydrogen-bond donors (Lipinski definition) is 3. The molecule has 4 aromatic rings. The highest BCUT2D eigenvalue weighted by molar-refractivity contribution is 9.10. The second-order valence-corrected chi connectivity index (χ2v) is 13.0. The molecule has 1 unspecified atom stereocenters. The third kappa shape index (κ3) is 7.18. The lowest BCUT2D eigenvalue weighted by Gasteiger charge is -2.43. The van der Waals surface area contributed by atoms with Gasteiger partial charge in [0.15, 0.2) is 0 Å². The molecule has 6 rings (SSSR count). The van der Waals surface area contributed by atoms with E-state index in [1.807, 2.05) is 0 Å². The summed E-state index contributed by atoms with van der Waals surface area (Å²) in [5.41, 5.74) is 4.85. The van der Waals surface area contributed by atoms with E-state index in [0.29, 0.717) is 44.8 Å². The van der Waals surface area contributed by atoms with Crippen molar-refractivity contribution in [3.05, 3.63) is 52.9 Å². The number of likely N-dealkylation sites (N-methyl/N-ethyl adjacent to an activating group) is 1. The predicted octanol–water partition coefficient (Wildman–Crippen LogP) is 4.66. The molecule has 13 nitrogen and oxygen atoms in total. The Morgan fingerprint density at radius 3 is 2.50 bits per heavy atom. The van der Waals surface area contributed by atoms with Gasteiger partial charge in [-0.1, -0.05) is 6.92 Å². The quantitative estimate of drug-likeness (QED) is 0.197. The fraction of sp³-hybridized carbons (Fsp3) is 0.419. The fourth-order valence-electron chi connectivity index (χ4n) is 6.21. The average Bonchev–Trinajstić information content (AvgIpc) is 3.07. The monoisotopic (exact) mass is 709 g/mol. The van der Waals surface area contributed by atoms with Crippen LogP contribution in [0.15, 0.2) is 47.3 Å². The first-order chi connectivity index (χ1) is 22.3. The maximum Gasteiger partial charge on any atom is 0.229 e. The van der Waals surface area contributed by atoms with Crippen molar-refractivity contribution in [1.29, 1.82) is 0 Å². The standard InChI is InChI=1S/C31H39BrN10O3S/c1-4-20-17-25(27(45-3)18-26(20)42-11-7-21(8-12-42)41-15-13-40(2)14-16-41)37-31-35-19-22(32)30(38-31)36-24-6-5-23-28(34-10-9-33-23)29(24)39-46(43)44/h5-6,9-10,17-19,21,39H,4,7-8,11-16H2,1-3H3,(H,43,44)(H2,35,36,37,38)/p-1. The molecule has 0 aliphatic carbocycles. The second kappa shape index (κ2) is 14.4. The molecule has 0 amide bonds. The second-order valence-electron chi connectivity index (χ2n) is 11.5. The smallest absolute Gasteiger partial charge is 0.229 e.